The van der Waals surface area contributed by atoms with Crippen molar-refractivity contribution in [1.82, 2.24) is 14.9 Å². The van der Waals surface area contributed by atoms with Crippen molar-refractivity contribution in [3.8, 4) is 6.07 Å². The van der Waals surface area contributed by atoms with Crippen molar-refractivity contribution in [3.63, 3.8) is 0 Å². The van der Waals surface area contributed by atoms with E-state index in [1.165, 1.54) is 0 Å². The topological polar surface area (TPSA) is 76.0 Å². The second kappa shape index (κ2) is 6.06. The Morgan fingerprint density at radius 2 is 1.95 bits per heavy atom. The number of anilines is 1. The van der Waals surface area contributed by atoms with Gasteiger partial charge in [0, 0.05) is 38.2 Å². The van der Waals surface area contributed by atoms with Crippen LogP contribution < -0.4 is 10.5 Å². The molecule has 0 saturated carbocycles. The summed E-state index contributed by atoms with van der Waals surface area (Å²) in [5.74, 6) is 1.66. The molecule has 0 bridgehead atoms. The van der Waals surface area contributed by atoms with Crippen LogP contribution >= 0.6 is 0 Å². The van der Waals surface area contributed by atoms with Crippen LogP contribution in [0.2, 0.25) is 0 Å². The number of aromatic amines is 1. The smallest absolute Gasteiger partial charge is 0.252 e. The van der Waals surface area contributed by atoms with Crippen molar-refractivity contribution in [2.45, 2.75) is 32.7 Å². The van der Waals surface area contributed by atoms with E-state index in [1.54, 1.807) is 6.07 Å². The zero-order valence-electron chi connectivity index (χ0n) is 12.3. The lowest BCUT2D eigenvalue weighted by Crippen LogP contribution is -2.49. The zero-order chi connectivity index (χ0) is 14.7. The van der Waals surface area contributed by atoms with E-state index in [4.69, 9.17) is 5.26 Å². The molecule has 1 atom stereocenters. The molecule has 0 radical (unpaired) electrons. The molecule has 1 aliphatic rings. The minimum absolute atomic E-state index is 0.0597. The second-order valence-corrected chi connectivity index (χ2v) is 5.47. The van der Waals surface area contributed by atoms with Gasteiger partial charge in [-0.05, 0) is 6.92 Å². The first-order valence-corrected chi connectivity index (χ1v) is 7.01. The lowest BCUT2D eigenvalue weighted by Gasteiger charge is -2.36. The Morgan fingerprint density at radius 3 is 2.50 bits per heavy atom. The summed E-state index contributed by atoms with van der Waals surface area (Å²) < 4.78 is 0. The number of H-pyrrole nitrogens is 1. The molecule has 1 aliphatic heterocycles. The van der Waals surface area contributed by atoms with Crippen molar-refractivity contribution in [1.29, 1.82) is 5.26 Å². The van der Waals surface area contributed by atoms with Crippen molar-refractivity contribution in [3.05, 3.63) is 22.2 Å². The quantitative estimate of drug-likeness (QED) is 0.888. The Bertz CT molecular complexity index is 551. The number of hydrogen-bond acceptors (Lipinski definition) is 5. The predicted molar refractivity (Wildman–Crippen MR) is 77.8 cm³/mol. The summed E-state index contributed by atoms with van der Waals surface area (Å²) in [6, 6.07) is 3.75. The van der Waals surface area contributed by atoms with Crippen LogP contribution in [0.15, 0.2) is 10.9 Å². The monoisotopic (exact) mass is 275 g/mol. The van der Waals surface area contributed by atoms with Gasteiger partial charge in [-0.2, -0.15) is 5.26 Å². The van der Waals surface area contributed by atoms with Crippen molar-refractivity contribution < 1.29 is 0 Å². The predicted octanol–water partition coefficient (Wildman–Crippen LogP) is 0.927. The Hall–Kier alpha value is -1.87. The average Bonchev–Trinajstić information content (AvgIpc) is 2.46. The normalized spacial score (nSPS) is 18.1. The SMILES string of the molecule is CC(C)c1nc(N2CCN(C(C)C#N)CC2)cc(=O)[nH]1. The molecule has 0 aromatic carbocycles. The number of nitriles is 1. The van der Waals surface area contributed by atoms with E-state index in [2.05, 4.69) is 25.8 Å². The van der Waals surface area contributed by atoms with Gasteiger partial charge in [-0.1, -0.05) is 13.8 Å². The Kier molecular flexibility index (Phi) is 4.40. The lowest BCUT2D eigenvalue weighted by atomic mass is 10.2. The summed E-state index contributed by atoms with van der Waals surface area (Å²) >= 11 is 0. The Balaban J connectivity index is 2.11. The maximum atomic E-state index is 11.7. The van der Waals surface area contributed by atoms with Crippen LogP contribution in [0, 0.1) is 11.3 Å². The molecule has 1 aromatic heterocycles. The van der Waals surface area contributed by atoms with Crippen molar-refractivity contribution in [2.24, 2.45) is 0 Å². The number of aromatic nitrogens is 2. The highest BCUT2D eigenvalue weighted by Gasteiger charge is 2.22. The van der Waals surface area contributed by atoms with E-state index in [-0.39, 0.29) is 17.5 Å². The third-order valence-corrected chi connectivity index (χ3v) is 3.67. The van der Waals surface area contributed by atoms with Crippen LogP contribution in [-0.4, -0.2) is 47.1 Å². The molecule has 108 valence electrons. The number of piperazine rings is 1. The summed E-state index contributed by atoms with van der Waals surface area (Å²) in [5, 5.41) is 8.94. The van der Waals surface area contributed by atoms with Crippen LogP contribution in [0.25, 0.3) is 0 Å². The summed E-state index contributed by atoms with van der Waals surface area (Å²) in [6.45, 7) is 9.15. The van der Waals surface area contributed by atoms with E-state index in [0.717, 1.165) is 37.8 Å². The minimum Gasteiger partial charge on any atom is -0.354 e. The largest absolute Gasteiger partial charge is 0.354 e. The number of nitrogens with zero attached hydrogens (tertiary/aromatic N) is 4. The maximum absolute atomic E-state index is 11.7. The number of rotatable bonds is 3. The molecule has 1 aromatic rings. The first-order chi connectivity index (χ1) is 9.51. The average molecular weight is 275 g/mol. The van der Waals surface area contributed by atoms with Gasteiger partial charge >= 0.3 is 0 Å². The molecule has 2 rings (SSSR count). The first-order valence-electron chi connectivity index (χ1n) is 7.01. The van der Waals surface area contributed by atoms with Crippen LogP contribution in [0.3, 0.4) is 0 Å². The molecule has 1 N–H and O–H groups in total. The van der Waals surface area contributed by atoms with Gasteiger partial charge in [-0.3, -0.25) is 9.69 Å². The third-order valence-electron chi connectivity index (χ3n) is 3.67. The molecule has 6 nitrogen and oxygen atoms in total. The number of hydrogen-bond donors (Lipinski definition) is 1. The molecule has 1 fully saturated rings. The van der Waals surface area contributed by atoms with Crippen molar-refractivity contribution >= 4 is 5.82 Å². The van der Waals surface area contributed by atoms with Crippen molar-refractivity contribution in [2.75, 3.05) is 31.1 Å². The highest BCUT2D eigenvalue weighted by Crippen LogP contribution is 2.15. The number of nitrogens with one attached hydrogen (secondary N) is 1. The molecule has 2 heterocycles. The molecule has 6 heteroatoms. The van der Waals surface area contributed by atoms with E-state index >= 15 is 0 Å². The second-order valence-electron chi connectivity index (χ2n) is 5.47. The van der Waals surface area contributed by atoms with Crippen LogP contribution in [0.4, 0.5) is 5.82 Å². The van der Waals surface area contributed by atoms with E-state index in [9.17, 15) is 4.79 Å². The van der Waals surface area contributed by atoms with Gasteiger partial charge in [0.25, 0.3) is 5.56 Å². The van der Waals surface area contributed by atoms with Gasteiger partial charge in [-0.15, -0.1) is 0 Å². The van der Waals surface area contributed by atoms with Gasteiger partial charge in [-0.25, -0.2) is 4.98 Å². The lowest BCUT2D eigenvalue weighted by molar-refractivity contribution is 0.231. The Labute approximate surface area is 119 Å². The molecule has 1 saturated heterocycles. The highest BCUT2D eigenvalue weighted by atomic mass is 16.1. The van der Waals surface area contributed by atoms with Gasteiger partial charge in [0.1, 0.15) is 11.6 Å². The molecular formula is C14H21N5O. The van der Waals surface area contributed by atoms with Gasteiger partial charge in [0.2, 0.25) is 0 Å². The van der Waals surface area contributed by atoms with E-state index < -0.39 is 0 Å². The standard InChI is InChI=1S/C14H21N5O/c1-10(2)14-16-12(8-13(20)17-14)19-6-4-18(5-7-19)11(3)9-15/h8,10-11H,4-7H2,1-3H3,(H,16,17,20). The van der Waals surface area contributed by atoms with Crippen LogP contribution in [-0.2, 0) is 0 Å². The third kappa shape index (κ3) is 3.17. The minimum atomic E-state index is -0.105. The van der Waals surface area contributed by atoms with E-state index in [0.29, 0.717) is 0 Å². The summed E-state index contributed by atoms with van der Waals surface area (Å²) in [4.78, 5) is 23.3. The highest BCUT2D eigenvalue weighted by molar-refractivity contribution is 5.38. The molecule has 20 heavy (non-hydrogen) atoms. The molecule has 1 unspecified atom stereocenters. The zero-order valence-corrected chi connectivity index (χ0v) is 12.3. The summed E-state index contributed by atoms with van der Waals surface area (Å²) in [6.07, 6.45) is 0. The summed E-state index contributed by atoms with van der Waals surface area (Å²) in [7, 11) is 0. The van der Waals surface area contributed by atoms with Gasteiger partial charge in [0.15, 0.2) is 0 Å². The molecule has 0 amide bonds. The fourth-order valence-corrected chi connectivity index (χ4v) is 2.32. The van der Waals surface area contributed by atoms with Crippen LogP contribution in [0.1, 0.15) is 32.5 Å². The Morgan fingerprint density at radius 1 is 1.30 bits per heavy atom. The van der Waals surface area contributed by atoms with E-state index in [1.807, 2.05) is 20.8 Å². The molecular weight excluding hydrogens is 254 g/mol. The maximum Gasteiger partial charge on any atom is 0.252 e. The van der Waals surface area contributed by atoms with Crippen LogP contribution in [0.5, 0.6) is 0 Å². The first kappa shape index (κ1) is 14.5. The fraction of sp³-hybridized carbons (Fsp3) is 0.643. The van der Waals surface area contributed by atoms with Gasteiger partial charge in [0.05, 0.1) is 12.1 Å². The summed E-state index contributed by atoms with van der Waals surface area (Å²) in [5.41, 5.74) is -0.105. The van der Waals surface area contributed by atoms with Gasteiger partial charge < -0.3 is 9.88 Å². The fourth-order valence-electron chi connectivity index (χ4n) is 2.32. The molecule has 0 spiro atoms. The molecule has 0 aliphatic carbocycles.